The van der Waals surface area contributed by atoms with E-state index in [4.69, 9.17) is 0 Å². The minimum Gasteiger partial charge on any atom is -0.355 e. The molecule has 4 rings (SSSR count). The molecule has 1 aliphatic heterocycles. The van der Waals surface area contributed by atoms with Crippen molar-refractivity contribution >= 4 is 21.1 Å². The van der Waals surface area contributed by atoms with Crippen LogP contribution in [-0.4, -0.2) is 67.7 Å². The Bertz CT molecular complexity index is 1100. The predicted octanol–water partition coefficient (Wildman–Crippen LogP) is 4.68. The Morgan fingerprint density at radius 1 is 1.00 bits per heavy atom. The van der Waals surface area contributed by atoms with E-state index in [1.54, 1.807) is 0 Å². The smallest absolute Gasteiger partial charge is 0.275 e. The molecular weight excluding hydrogens is 529 g/mol. The maximum Gasteiger partial charge on any atom is 0.275 e. The molecule has 6 nitrogen and oxygen atoms in total. The largest absolute Gasteiger partial charge is 0.355 e. The highest BCUT2D eigenvalue weighted by Crippen LogP contribution is 2.51. The lowest BCUT2D eigenvalue weighted by Gasteiger charge is -2.32. The molecule has 2 aromatic carbocycles. The second kappa shape index (κ2) is 14.0. The molecule has 0 spiro atoms. The van der Waals surface area contributed by atoms with Crippen LogP contribution in [0.2, 0.25) is 0 Å². The highest BCUT2D eigenvalue weighted by molar-refractivity contribution is 7.18. The number of benzene rings is 2. The van der Waals surface area contributed by atoms with Gasteiger partial charge >= 0.3 is 0 Å². The van der Waals surface area contributed by atoms with E-state index < -0.39 is 17.6 Å². The third-order valence-electron chi connectivity index (χ3n) is 8.24. The van der Waals surface area contributed by atoms with Crippen LogP contribution in [0.5, 0.6) is 0 Å². The van der Waals surface area contributed by atoms with Gasteiger partial charge in [-0.3, -0.25) is 9.59 Å². The molecule has 3 N–H and O–H groups in total. The molecule has 9 heteroatoms. The van der Waals surface area contributed by atoms with Crippen LogP contribution in [0.15, 0.2) is 48.5 Å². The van der Waals surface area contributed by atoms with Crippen molar-refractivity contribution < 1.29 is 18.4 Å². The van der Waals surface area contributed by atoms with Gasteiger partial charge in [-0.25, -0.2) is 8.78 Å². The lowest BCUT2D eigenvalue weighted by Crippen LogP contribution is -2.47. The SMILES string of the molecule is CCN(CCCCC1(C(=O)NCC(F)(F)P)c2ccccc2-c2ccccc21)CCCNC(=O)[C@@H]1CCCCN1. The number of amides is 2. The van der Waals surface area contributed by atoms with E-state index in [2.05, 4.69) is 27.8 Å². The number of nitrogens with one attached hydrogen (secondary N) is 3. The third-order valence-corrected chi connectivity index (χ3v) is 8.44. The molecule has 2 aliphatic rings. The van der Waals surface area contributed by atoms with E-state index in [1.807, 2.05) is 48.5 Å². The van der Waals surface area contributed by atoms with Crippen molar-refractivity contribution in [2.45, 2.75) is 69.0 Å². The van der Waals surface area contributed by atoms with Crippen LogP contribution in [0.25, 0.3) is 11.1 Å². The molecule has 40 heavy (non-hydrogen) atoms. The molecule has 1 fully saturated rings. The van der Waals surface area contributed by atoms with Crippen molar-refractivity contribution in [2.24, 2.45) is 0 Å². The zero-order chi connectivity index (χ0) is 28.6. The summed E-state index contributed by atoms with van der Waals surface area (Å²) in [6.07, 6.45) is 6.20. The Labute approximate surface area is 239 Å². The summed E-state index contributed by atoms with van der Waals surface area (Å²) in [4.78, 5) is 28.5. The fraction of sp³-hybridized carbons (Fsp3) is 0.548. The number of carbonyl (C=O) groups excluding carboxylic acids is 2. The van der Waals surface area contributed by atoms with Crippen molar-refractivity contribution in [1.29, 1.82) is 0 Å². The van der Waals surface area contributed by atoms with Gasteiger partial charge in [0, 0.05) is 6.54 Å². The molecule has 0 radical (unpaired) electrons. The number of hydrogen-bond acceptors (Lipinski definition) is 4. The van der Waals surface area contributed by atoms with Crippen molar-refractivity contribution in [3.05, 3.63) is 59.7 Å². The lowest BCUT2D eigenvalue weighted by atomic mass is 9.73. The molecule has 1 heterocycles. The Kier molecular flexibility index (Phi) is 10.7. The third kappa shape index (κ3) is 7.26. The molecule has 0 aromatic heterocycles. The molecule has 0 saturated carbocycles. The van der Waals surface area contributed by atoms with Crippen LogP contribution in [0.4, 0.5) is 8.78 Å². The Morgan fingerprint density at radius 3 is 2.25 bits per heavy atom. The van der Waals surface area contributed by atoms with E-state index in [1.165, 1.54) is 9.24 Å². The molecule has 1 unspecified atom stereocenters. The molecule has 1 aliphatic carbocycles. The normalized spacial score (nSPS) is 17.8. The first-order valence-corrected chi connectivity index (χ1v) is 15.2. The van der Waals surface area contributed by atoms with Gasteiger partial charge in [-0.15, -0.1) is 0 Å². The Balaban J connectivity index is 1.36. The summed E-state index contributed by atoms with van der Waals surface area (Å²) in [5.41, 5.74) is -0.314. The van der Waals surface area contributed by atoms with E-state index in [0.717, 1.165) is 87.0 Å². The van der Waals surface area contributed by atoms with E-state index >= 15 is 0 Å². The number of carbonyl (C=O) groups is 2. The summed E-state index contributed by atoms with van der Waals surface area (Å²) in [7, 11) is 1.51. The summed E-state index contributed by atoms with van der Waals surface area (Å²) in [6.45, 7) is 5.63. The van der Waals surface area contributed by atoms with Gasteiger partial charge in [0.15, 0.2) is 0 Å². The first-order chi connectivity index (χ1) is 19.3. The average molecular weight is 573 g/mol. The van der Waals surface area contributed by atoms with Gasteiger partial charge in [-0.05, 0) is 80.5 Å². The van der Waals surface area contributed by atoms with Gasteiger partial charge in [-0.1, -0.05) is 77.5 Å². The highest BCUT2D eigenvalue weighted by Gasteiger charge is 2.48. The van der Waals surface area contributed by atoms with Gasteiger partial charge in [0.25, 0.3) is 5.66 Å². The zero-order valence-corrected chi connectivity index (χ0v) is 24.6. The highest BCUT2D eigenvalue weighted by atomic mass is 31.0. The number of hydrogen-bond donors (Lipinski definition) is 3. The first-order valence-electron chi connectivity index (χ1n) is 14.6. The van der Waals surface area contributed by atoms with E-state index in [0.29, 0.717) is 13.0 Å². The molecule has 218 valence electrons. The first kappa shape index (κ1) is 30.5. The number of fused-ring (bicyclic) bond motifs is 3. The van der Waals surface area contributed by atoms with Crippen molar-refractivity contribution in [1.82, 2.24) is 20.9 Å². The van der Waals surface area contributed by atoms with Crippen LogP contribution < -0.4 is 16.0 Å². The van der Waals surface area contributed by atoms with Gasteiger partial charge < -0.3 is 20.9 Å². The summed E-state index contributed by atoms with van der Waals surface area (Å²) in [6, 6.07) is 15.6. The summed E-state index contributed by atoms with van der Waals surface area (Å²) in [5.74, 6) is -0.273. The number of piperidine rings is 1. The number of unbranched alkanes of at least 4 members (excludes halogenated alkanes) is 1. The number of alkyl halides is 2. The monoisotopic (exact) mass is 572 g/mol. The van der Waals surface area contributed by atoms with Crippen LogP contribution in [0, 0.1) is 0 Å². The average Bonchev–Trinajstić information content (AvgIpc) is 3.25. The van der Waals surface area contributed by atoms with E-state index in [9.17, 15) is 18.4 Å². The van der Waals surface area contributed by atoms with Gasteiger partial charge in [0.2, 0.25) is 11.8 Å². The second-order valence-electron chi connectivity index (χ2n) is 11.0. The van der Waals surface area contributed by atoms with Crippen LogP contribution >= 0.6 is 9.24 Å². The fourth-order valence-electron chi connectivity index (χ4n) is 6.17. The van der Waals surface area contributed by atoms with Crippen molar-refractivity contribution in [2.75, 3.05) is 39.3 Å². The van der Waals surface area contributed by atoms with Gasteiger partial charge in [-0.2, -0.15) is 0 Å². The topological polar surface area (TPSA) is 73.5 Å². The Morgan fingerprint density at radius 2 is 1.65 bits per heavy atom. The molecule has 2 aromatic rings. The molecular formula is C31H43F2N4O2P. The zero-order valence-electron chi connectivity index (χ0n) is 23.5. The van der Waals surface area contributed by atoms with E-state index in [-0.39, 0.29) is 17.9 Å². The maximum atomic E-state index is 13.8. The molecule has 2 amide bonds. The minimum absolute atomic E-state index is 0.0614. The number of nitrogens with zero attached hydrogens (tertiary/aromatic N) is 1. The minimum atomic E-state index is -3.07. The Hall–Kier alpha value is -2.41. The van der Waals surface area contributed by atoms with Gasteiger partial charge in [0.1, 0.15) is 5.41 Å². The second-order valence-corrected chi connectivity index (χ2v) is 11.8. The summed E-state index contributed by atoms with van der Waals surface area (Å²) in [5, 5.41) is 8.91. The predicted molar refractivity (Wildman–Crippen MR) is 160 cm³/mol. The van der Waals surface area contributed by atoms with Gasteiger partial charge in [0.05, 0.1) is 12.6 Å². The number of rotatable bonds is 14. The molecule has 2 atom stereocenters. The fourth-order valence-corrected chi connectivity index (χ4v) is 6.27. The maximum absolute atomic E-state index is 13.8. The summed E-state index contributed by atoms with van der Waals surface area (Å²) >= 11 is 0. The van der Waals surface area contributed by atoms with Crippen LogP contribution in [-0.2, 0) is 15.0 Å². The molecule has 1 saturated heterocycles. The lowest BCUT2D eigenvalue weighted by molar-refractivity contribution is -0.126. The number of halogens is 2. The van der Waals surface area contributed by atoms with Crippen LogP contribution in [0.1, 0.15) is 63.0 Å². The molecule has 0 bridgehead atoms. The standard InChI is InChI=1S/C31H43F2N4O2P/c1-2-37(21-11-19-35-28(38)27-16-7-9-18-34-27)20-10-8-17-30(29(39)36-22-31(32,33)40)25-14-5-3-12-23(25)24-13-4-6-15-26(24)30/h3-6,12-15,27,34H,2,7-11,16-22,40H2,1H3,(H,35,38)(H,36,39)/t27-/m0/s1. The van der Waals surface area contributed by atoms with Crippen LogP contribution in [0.3, 0.4) is 0 Å². The summed E-state index contributed by atoms with van der Waals surface area (Å²) < 4.78 is 27.4. The quantitative estimate of drug-likeness (QED) is 0.227. The van der Waals surface area contributed by atoms with Crippen molar-refractivity contribution in [3.8, 4) is 11.1 Å². The van der Waals surface area contributed by atoms with Crippen molar-refractivity contribution in [3.63, 3.8) is 0 Å².